The molecule has 21 heteroatoms. The first-order valence-electron chi connectivity index (χ1n) is 14.9. The van der Waals surface area contributed by atoms with Gasteiger partial charge in [0.15, 0.2) is 0 Å². The second-order valence-electron chi connectivity index (χ2n) is 9.92. The van der Waals surface area contributed by atoms with E-state index >= 15 is 0 Å². The quantitative estimate of drug-likeness (QED) is 0.365. The third kappa shape index (κ3) is 24.5. The van der Waals surface area contributed by atoms with E-state index in [0.29, 0.717) is 0 Å². The molecule has 0 saturated carbocycles. The summed E-state index contributed by atoms with van der Waals surface area (Å²) in [5, 5.41) is 45.4. The van der Waals surface area contributed by atoms with Crippen molar-refractivity contribution in [1.82, 2.24) is 60.1 Å². The van der Waals surface area contributed by atoms with Crippen molar-refractivity contribution in [2.24, 2.45) is 30.6 Å². The maximum atomic E-state index is 4.02. The van der Waals surface area contributed by atoms with Crippen LogP contribution in [-0.4, -0.2) is 140 Å². The van der Waals surface area contributed by atoms with E-state index in [1.165, 1.54) is 19.3 Å². The van der Waals surface area contributed by atoms with Crippen molar-refractivity contribution in [3.63, 3.8) is 0 Å². The van der Waals surface area contributed by atoms with Crippen molar-refractivity contribution >= 4 is 38.0 Å². The van der Waals surface area contributed by atoms with Gasteiger partial charge in [0.25, 0.3) is 0 Å². The van der Waals surface area contributed by atoms with Gasteiger partial charge in [-0.3, -0.25) is 0 Å². The summed E-state index contributed by atoms with van der Waals surface area (Å²) in [7, 11) is 11.2. The normalized spacial score (nSPS) is 16.5. The molecule has 0 saturated heterocycles. The van der Waals surface area contributed by atoms with Crippen LogP contribution in [0.4, 0.5) is 0 Å². The topological polar surface area (TPSA) is 113 Å². The van der Waals surface area contributed by atoms with Crippen LogP contribution in [0.5, 0.6) is 0 Å². The van der Waals surface area contributed by atoms with Gasteiger partial charge in [0.2, 0.25) is 0 Å². The molecule has 0 aromatic heterocycles. The summed E-state index contributed by atoms with van der Waals surface area (Å²) in [5.41, 5.74) is 0. The number of hydrazone groups is 6. The van der Waals surface area contributed by atoms with Crippen LogP contribution in [0.1, 0.15) is 83.1 Å². The minimum absolute atomic E-state index is 0. The number of hydrogen-bond acceptors (Lipinski definition) is 18. The van der Waals surface area contributed by atoms with Crippen LogP contribution in [0.3, 0.4) is 0 Å². The molecule has 0 spiro atoms. The monoisotopic (exact) mass is 1260 g/mol. The van der Waals surface area contributed by atoms with Gasteiger partial charge in [-0.1, -0.05) is 83.1 Å². The molecule has 0 N–H and O–H groups in total. The molecule has 0 aromatic rings. The first-order valence-corrected chi connectivity index (χ1v) is 14.9. The molecule has 6 rings (SSSR count). The van der Waals surface area contributed by atoms with Gasteiger partial charge in [-0.25, -0.2) is 0 Å². The molecule has 0 aliphatic carbocycles. The molecule has 18 nitrogen and oxygen atoms in total. The Morgan fingerprint density at radius 3 is 0.471 bits per heavy atom. The fourth-order valence-electron chi connectivity index (χ4n) is 2.91. The second kappa shape index (κ2) is 34.8. The Balaban J connectivity index is -0.000000127. The van der Waals surface area contributed by atoms with E-state index in [9.17, 15) is 0 Å². The average molecular weight is 1260 g/mol. The van der Waals surface area contributed by atoms with Gasteiger partial charge in [0, 0.05) is 0 Å². The molecule has 0 atom stereocenters. The van der Waals surface area contributed by atoms with Gasteiger partial charge in [-0.05, 0) is 42.3 Å². The Morgan fingerprint density at radius 2 is 0.412 bits per heavy atom. The summed E-state index contributed by atoms with van der Waals surface area (Å²) in [5.74, 6) is 0. The predicted octanol–water partition coefficient (Wildman–Crippen LogP) is 4.71. The van der Waals surface area contributed by atoms with Crippen molar-refractivity contribution in [3.8, 4) is 0 Å². The van der Waals surface area contributed by atoms with Gasteiger partial charge in [-0.15, -0.1) is 40.0 Å². The summed E-state index contributed by atoms with van der Waals surface area (Å²) in [6.45, 7) is 23.8. The van der Waals surface area contributed by atoms with E-state index in [4.69, 9.17) is 0 Å². The maximum Gasteiger partial charge on any atom is 2.00 e. The van der Waals surface area contributed by atoms with E-state index in [1.807, 2.05) is 112 Å². The van der Waals surface area contributed by atoms with Gasteiger partial charge in [-0.2, -0.15) is 30.6 Å². The first kappa shape index (κ1) is 60.8. The molecule has 0 unspecified atom stereocenters. The van der Waals surface area contributed by atoms with Crippen molar-refractivity contribution < 1.29 is 63.2 Å². The van der Waals surface area contributed by atoms with E-state index in [0.717, 1.165) is 0 Å². The standard InChI is InChI=1S/3C6H10N6.3C3H8.3CH4.3Pt/c3*1-9-5-11(3-7-9)12-4-8-10(2)6-12;3*1-3-2;;;;;;/h3*3-6H,1-2H3;3*3H2,1-2H3;3*1H4;;;/q3*-2;;;;;;;3*+2. The van der Waals surface area contributed by atoms with Crippen LogP contribution in [-0.2, 0) is 63.2 Å². The van der Waals surface area contributed by atoms with E-state index < -0.39 is 0 Å². The molecule has 0 fully saturated rings. The third-order valence-corrected chi connectivity index (χ3v) is 4.62. The van der Waals surface area contributed by atoms with Crippen molar-refractivity contribution in [2.75, 3.05) is 42.3 Å². The molecule has 0 bridgehead atoms. The second-order valence-corrected chi connectivity index (χ2v) is 9.92. The SMILES string of the molecule is C.C.C.CCC.CCC.CCC.CN1[CH-]N(N2C=NN(C)[CH-]2)C=N1.CN1[CH-]N(N2C=NN(C)[CH-]2)C=N1.CN1[CH-]N(N2C=NN(C)[CH-]2)C=N1.[Pt+2].[Pt+2].[Pt+2]. The molecule has 6 heterocycles. The number of hydrazine groups is 3. The number of rotatable bonds is 3. The van der Waals surface area contributed by atoms with E-state index in [2.05, 4.69) is 72.2 Å². The van der Waals surface area contributed by atoms with Crippen LogP contribution in [0, 0.1) is 40.0 Å². The fourth-order valence-corrected chi connectivity index (χ4v) is 2.91. The Labute approximate surface area is 355 Å². The largest absolute Gasteiger partial charge is 2.00 e. The van der Waals surface area contributed by atoms with Crippen LogP contribution in [0.15, 0.2) is 30.6 Å². The molecule has 0 aromatic carbocycles. The molecule has 306 valence electrons. The molecule has 6 aliphatic heterocycles. The summed E-state index contributed by atoms with van der Waals surface area (Å²) in [4.78, 5) is 0. The van der Waals surface area contributed by atoms with Crippen molar-refractivity contribution in [3.05, 3.63) is 40.0 Å². The Kier molecular flexibility index (Phi) is 41.4. The number of hydrogen-bond donors (Lipinski definition) is 0. The molecular weight excluding hydrogens is 1200 g/mol. The minimum Gasteiger partial charge on any atom is -0.431 e. The Bertz CT molecular complexity index is 782. The zero-order valence-electron chi connectivity index (χ0n) is 30.0. The summed E-state index contributed by atoms with van der Waals surface area (Å²) >= 11 is 0. The Hall–Kier alpha value is -2.32. The van der Waals surface area contributed by atoms with Crippen LogP contribution in [0.2, 0.25) is 0 Å². The smallest absolute Gasteiger partial charge is 0.431 e. The van der Waals surface area contributed by atoms with E-state index in [1.54, 1.807) is 68.1 Å². The molecule has 0 radical (unpaired) electrons. The van der Waals surface area contributed by atoms with E-state index in [-0.39, 0.29) is 85.5 Å². The molecule has 51 heavy (non-hydrogen) atoms. The zero-order chi connectivity index (χ0) is 33.8. The van der Waals surface area contributed by atoms with Crippen molar-refractivity contribution in [2.45, 2.75) is 83.1 Å². The zero-order valence-corrected chi connectivity index (χ0v) is 36.9. The molecule has 6 aliphatic rings. The minimum atomic E-state index is 0. The fraction of sp³-hybridized carbons (Fsp3) is 0.600. The van der Waals surface area contributed by atoms with Crippen LogP contribution >= 0.6 is 0 Å². The molecular formula is C30H66N18Pt3. The van der Waals surface area contributed by atoms with Gasteiger partial charge >= 0.3 is 63.2 Å². The Morgan fingerprint density at radius 1 is 0.314 bits per heavy atom. The van der Waals surface area contributed by atoms with Crippen LogP contribution < -0.4 is 0 Å². The maximum absolute atomic E-state index is 4.02. The van der Waals surface area contributed by atoms with Crippen LogP contribution in [0.25, 0.3) is 0 Å². The van der Waals surface area contributed by atoms with Gasteiger partial charge < -0.3 is 60.1 Å². The predicted molar refractivity (Wildman–Crippen MR) is 202 cm³/mol. The third-order valence-electron chi connectivity index (χ3n) is 4.62. The average Bonchev–Trinajstić information content (AvgIpc) is 3.82. The van der Waals surface area contributed by atoms with Gasteiger partial charge in [0.1, 0.15) is 0 Å². The summed E-state index contributed by atoms with van der Waals surface area (Å²) in [6.07, 6.45) is 14.0. The summed E-state index contributed by atoms with van der Waals surface area (Å²) in [6, 6.07) is 0. The van der Waals surface area contributed by atoms with Crippen molar-refractivity contribution in [1.29, 1.82) is 0 Å². The van der Waals surface area contributed by atoms with Gasteiger partial charge in [0.05, 0.1) is 38.0 Å². The molecule has 0 amide bonds. The first-order chi connectivity index (χ1) is 21.5. The summed E-state index contributed by atoms with van der Waals surface area (Å²) < 4.78 is 0. The number of nitrogens with zero attached hydrogens (tertiary/aromatic N) is 18.